The maximum absolute atomic E-state index is 11.6. The minimum atomic E-state index is -0.480. The van der Waals surface area contributed by atoms with Gasteiger partial charge in [0.05, 0.1) is 10.7 Å². The summed E-state index contributed by atoms with van der Waals surface area (Å²) < 4.78 is 0. The van der Waals surface area contributed by atoms with Crippen molar-refractivity contribution >= 4 is 40.8 Å². The number of nitrogens with zero attached hydrogens (tertiary/aromatic N) is 5. The Bertz CT molecular complexity index is 854. The average Bonchev–Trinajstić information content (AvgIpc) is 2.68. The summed E-state index contributed by atoms with van der Waals surface area (Å²) in [7, 11) is 0. The molecule has 1 saturated heterocycles. The molecule has 0 bridgehead atoms. The Morgan fingerprint density at radius 1 is 1.10 bits per heavy atom. The average molecular weight is 418 g/mol. The van der Waals surface area contributed by atoms with Crippen LogP contribution in [-0.4, -0.2) is 54.6 Å². The zero-order valence-corrected chi connectivity index (χ0v) is 17.5. The normalized spacial score (nSPS) is 21.8. The summed E-state index contributed by atoms with van der Waals surface area (Å²) in [5.41, 5.74) is 13.6. The highest BCUT2D eigenvalue weighted by atomic mass is 35.5. The number of carbonyl (C=O) groups is 1. The minimum Gasteiger partial charge on any atom is -0.369 e. The van der Waals surface area contributed by atoms with Crippen LogP contribution >= 0.6 is 11.6 Å². The lowest BCUT2D eigenvalue weighted by Crippen LogP contribution is -2.58. The lowest BCUT2D eigenvalue weighted by atomic mass is 9.87. The largest absolute Gasteiger partial charge is 0.369 e. The van der Waals surface area contributed by atoms with Crippen molar-refractivity contribution in [2.24, 2.45) is 21.5 Å². The van der Waals surface area contributed by atoms with E-state index >= 15 is 0 Å². The molecule has 8 nitrogen and oxygen atoms in total. The summed E-state index contributed by atoms with van der Waals surface area (Å²) >= 11 is 6.69. The van der Waals surface area contributed by atoms with Crippen molar-refractivity contribution < 1.29 is 4.79 Å². The second-order valence-corrected chi connectivity index (χ2v) is 8.35. The SMILES string of the molecule is CC(=O)N1CCN(c2ccc(N3C(N)=NC(N)=NC34CCCCC4)cc2Cl)CC1. The van der Waals surface area contributed by atoms with Gasteiger partial charge in [0, 0.05) is 38.8 Å². The summed E-state index contributed by atoms with van der Waals surface area (Å²) in [5, 5.41) is 0.653. The van der Waals surface area contributed by atoms with E-state index in [9.17, 15) is 4.79 Å². The maximum Gasteiger partial charge on any atom is 0.220 e. The van der Waals surface area contributed by atoms with Crippen LogP contribution in [0.25, 0.3) is 0 Å². The Balaban J connectivity index is 1.60. The van der Waals surface area contributed by atoms with Gasteiger partial charge in [0.15, 0.2) is 0 Å². The molecule has 156 valence electrons. The Hall–Kier alpha value is -2.48. The third-order valence-electron chi connectivity index (χ3n) is 6.11. The van der Waals surface area contributed by atoms with Gasteiger partial charge in [-0.1, -0.05) is 18.0 Å². The second kappa shape index (κ2) is 7.74. The number of hydrogen-bond acceptors (Lipinski definition) is 7. The van der Waals surface area contributed by atoms with Crippen molar-refractivity contribution in [2.75, 3.05) is 36.0 Å². The Kier molecular flexibility index (Phi) is 5.29. The van der Waals surface area contributed by atoms with Crippen LogP contribution in [0.3, 0.4) is 0 Å². The molecule has 4 rings (SSSR count). The molecule has 29 heavy (non-hydrogen) atoms. The Morgan fingerprint density at radius 2 is 1.79 bits per heavy atom. The summed E-state index contributed by atoms with van der Waals surface area (Å²) in [6, 6.07) is 5.98. The van der Waals surface area contributed by atoms with Crippen molar-refractivity contribution in [3.8, 4) is 0 Å². The number of benzene rings is 1. The number of guanidine groups is 2. The monoisotopic (exact) mass is 417 g/mol. The van der Waals surface area contributed by atoms with E-state index < -0.39 is 5.66 Å². The van der Waals surface area contributed by atoms with Gasteiger partial charge >= 0.3 is 0 Å². The molecular weight excluding hydrogens is 390 g/mol. The van der Waals surface area contributed by atoms with Crippen LogP contribution in [0.1, 0.15) is 39.0 Å². The van der Waals surface area contributed by atoms with Gasteiger partial charge < -0.3 is 21.3 Å². The number of rotatable bonds is 2. The van der Waals surface area contributed by atoms with Crippen LogP contribution in [0.2, 0.25) is 5.02 Å². The van der Waals surface area contributed by atoms with E-state index in [0.717, 1.165) is 50.1 Å². The van der Waals surface area contributed by atoms with Gasteiger partial charge in [-0.2, -0.15) is 4.99 Å². The molecule has 1 aromatic carbocycles. The lowest BCUT2D eigenvalue weighted by Gasteiger charge is -2.45. The molecule has 1 aromatic rings. The molecular formula is C20H28ClN7O. The number of amides is 1. The number of halogens is 1. The fourth-order valence-electron chi connectivity index (χ4n) is 4.65. The van der Waals surface area contributed by atoms with Crippen LogP contribution in [-0.2, 0) is 4.79 Å². The molecule has 0 atom stereocenters. The molecule has 9 heteroatoms. The van der Waals surface area contributed by atoms with Crippen molar-refractivity contribution in [1.82, 2.24) is 4.90 Å². The molecule has 0 aromatic heterocycles. The molecule has 2 fully saturated rings. The van der Waals surface area contributed by atoms with Crippen molar-refractivity contribution in [3.05, 3.63) is 23.2 Å². The molecule has 1 saturated carbocycles. The van der Waals surface area contributed by atoms with Crippen LogP contribution < -0.4 is 21.3 Å². The van der Waals surface area contributed by atoms with Gasteiger partial charge in [-0.3, -0.25) is 9.69 Å². The quantitative estimate of drug-likeness (QED) is 0.767. The lowest BCUT2D eigenvalue weighted by molar-refractivity contribution is -0.129. The fraction of sp³-hybridized carbons (Fsp3) is 0.550. The zero-order valence-electron chi connectivity index (χ0n) is 16.8. The van der Waals surface area contributed by atoms with Crippen molar-refractivity contribution in [3.63, 3.8) is 0 Å². The van der Waals surface area contributed by atoms with Crippen LogP contribution in [0.15, 0.2) is 28.2 Å². The van der Waals surface area contributed by atoms with Crippen LogP contribution in [0.4, 0.5) is 11.4 Å². The Labute approximate surface area is 176 Å². The maximum atomic E-state index is 11.6. The third-order valence-corrected chi connectivity index (χ3v) is 6.41. The molecule has 2 aliphatic heterocycles. The number of anilines is 2. The predicted molar refractivity (Wildman–Crippen MR) is 117 cm³/mol. The molecule has 4 N–H and O–H groups in total. The van der Waals surface area contributed by atoms with Crippen molar-refractivity contribution in [1.29, 1.82) is 0 Å². The van der Waals surface area contributed by atoms with Crippen LogP contribution in [0.5, 0.6) is 0 Å². The van der Waals surface area contributed by atoms with Gasteiger partial charge in [0.1, 0.15) is 5.66 Å². The molecule has 1 amide bonds. The highest BCUT2D eigenvalue weighted by molar-refractivity contribution is 6.33. The summed E-state index contributed by atoms with van der Waals surface area (Å²) in [4.78, 5) is 26.6. The summed E-state index contributed by atoms with van der Waals surface area (Å²) in [6.45, 7) is 4.54. The number of nitrogens with two attached hydrogens (primary N) is 2. The standard InChI is InChI=1S/C20H28ClN7O/c1-14(29)26-9-11-27(12-10-26)17-6-5-15(13-16(17)21)28-19(23)24-18(22)25-20(28)7-3-2-4-8-20/h5-6,13H,2-4,7-12H2,1H3,(H4,22,23,24,25). The molecule has 0 radical (unpaired) electrons. The van der Waals surface area contributed by atoms with Gasteiger partial charge in [-0.05, 0) is 43.9 Å². The van der Waals surface area contributed by atoms with E-state index in [4.69, 9.17) is 28.1 Å². The smallest absolute Gasteiger partial charge is 0.220 e. The van der Waals surface area contributed by atoms with E-state index in [-0.39, 0.29) is 11.9 Å². The van der Waals surface area contributed by atoms with Gasteiger partial charge in [0.25, 0.3) is 0 Å². The highest BCUT2D eigenvalue weighted by Crippen LogP contribution is 2.41. The van der Waals surface area contributed by atoms with Gasteiger partial charge in [-0.25, -0.2) is 4.99 Å². The molecule has 2 heterocycles. The number of hydrogen-bond donors (Lipinski definition) is 2. The molecule has 1 spiro atoms. The van der Waals surface area contributed by atoms with Crippen molar-refractivity contribution in [2.45, 2.75) is 44.7 Å². The first-order valence-electron chi connectivity index (χ1n) is 10.2. The minimum absolute atomic E-state index is 0.114. The van der Waals surface area contributed by atoms with Gasteiger partial charge in [0.2, 0.25) is 17.8 Å². The highest BCUT2D eigenvalue weighted by Gasteiger charge is 2.42. The predicted octanol–water partition coefficient (Wildman–Crippen LogP) is 2.12. The van der Waals surface area contributed by atoms with Gasteiger partial charge in [-0.15, -0.1) is 0 Å². The van der Waals surface area contributed by atoms with E-state index in [1.54, 1.807) is 6.92 Å². The topological polar surface area (TPSA) is 104 Å². The number of carbonyl (C=O) groups excluding carboxylic acids is 1. The first-order valence-corrected chi connectivity index (χ1v) is 10.6. The number of piperazine rings is 1. The molecule has 1 aliphatic carbocycles. The summed E-state index contributed by atoms with van der Waals surface area (Å²) in [5.74, 6) is 0.716. The zero-order chi connectivity index (χ0) is 20.6. The van der Waals surface area contributed by atoms with Crippen LogP contribution in [0, 0.1) is 0 Å². The fourth-order valence-corrected chi connectivity index (χ4v) is 4.94. The second-order valence-electron chi connectivity index (χ2n) is 7.95. The van der Waals surface area contributed by atoms with E-state index in [2.05, 4.69) is 9.89 Å². The first-order chi connectivity index (χ1) is 13.9. The third kappa shape index (κ3) is 3.73. The first kappa shape index (κ1) is 19.8. The number of aliphatic imine (C=N–C) groups is 2. The van der Waals surface area contributed by atoms with E-state index in [0.29, 0.717) is 24.1 Å². The molecule has 3 aliphatic rings. The Morgan fingerprint density at radius 3 is 2.41 bits per heavy atom. The van der Waals surface area contributed by atoms with E-state index in [1.165, 1.54) is 6.42 Å². The molecule has 0 unspecified atom stereocenters. The van der Waals surface area contributed by atoms with E-state index in [1.807, 2.05) is 28.0 Å². The summed E-state index contributed by atoms with van der Waals surface area (Å²) in [6.07, 6.45) is 5.11.